The highest BCUT2D eigenvalue weighted by atomic mass is 19.1. The summed E-state index contributed by atoms with van der Waals surface area (Å²) < 4.78 is 21.2. The van der Waals surface area contributed by atoms with Crippen molar-refractivity contribution in [2.75, 3.05) is 5.32 Å². The number of aromatic amines is 2. The summed E-state index contributed by atoms with van der Waals surface area (Å²) in [5.41, 5.74) is 4.22. The van der Waals surface area contributed by atoms with E-state index in [0.717, 1.165) is 11.1 Å². The number of H-pyrrole nitrogens is 2. The van der Waals surface area contributed by atoms with Crippen LogP contribution in [0.2, 0.25) is 0 Å². The van der Waals surface area contributed by atoms with Crippen molar-refractivity contribution in [3.63, 3.8) is 0 Å². The minimum Gasteiger partial charge on any atom is -0.472 e. The molecule has 0 aliphatic carbocycles. The molecule has 1 atom stereocenters. The standard InChI is InChI=1S/C26H23FN8O2/c1-26(2,3)25(36)31-15-8-14(9-28-10-15)20-19(27)18-17(11-30-20)34-35-23(18)24-32-16-4-6-29-21(22(16)33-24)13-5-7-37-12-13/h4-12,25,31,36H,1-3H3,(H,32,33)(H,34,35). The van der Waals surface area contributed by atoms with Crippen LogP contribution in [0.5, 0.6) is 0 Å². The van der Waals surface area contributed by atoms with Gasteiger partial charge in [-0.1, -0.05) is 20.8 Å². The first-order chi connectivity index (χ1) is 17.8. The molecular formula is C26H23FN8O2. The van der Waals surface area contributed by atoms with Gasteiger partial charge in [-0.3, -0.25) is 20.1 Å². The van der Waals surface area contributed by atoms with Gasteiger partial charge in [0.05, 0.1) is 47.0 Å². The molecular weight excluding hydrogens is 475 g/mol. The van der Waals surface area contributed by atoms with Crippen LogP contribution in [0.25, 0.3) is 56.0 Å². The third-order valence-corrected chi connectivity index (χ3v) is 6.10. The highest BCUT2D eigenvalue weighted by molar-refractivity contribution is 5.97. The minimum atomic E-state index is -0.820. The van der Waals surface area contributed by atoms with E-state index in [-0.39, 0.29) is 11.1 Å². The first-order valence-corrected chi connectivity index (χ1v) is 11.6. The van der Waals surface area contributed by atoms with E-state index in [4.69, 9.17) is 9.40 Å². The van der Waals surface area contributed by atoms with Gasteiger partial charge in [0.1, 0.15) is 28.8 Å². The molecule has 37 heavy (non-hydrogen) atoms. The summed E-state index contributed by atoms with van der Waals surface area (Å²) in [5, 5.41) is 20.8. The molecule has 6 rings (SSSR count). The fraction of sp³-hybridized carbons (Fsp3) is 0.192. The molecule has 0 radical (unpaired) electrons. The molecule has 0 spiro atoms. The van der Waals surface area contributed by atoms with Gasteiger partial charge in [0.2, 0.25) is 0 Å². The van der Waals surface area contributed by atoms with Crippen molar-refractivity contribution in [1.29, 1.82) is 0 Å². The number of aliphatic hydroxyl groups is 1. The first kappa shape index (κ1) is 22.8. The van der Waals surface area contributed by atoms with Gasteiger partial charge in [-0.25, -0.2) is 9.37 Å². The van der Waals surface area contributed by atoms with E-state index in [1.165, 1.54) is 12.4 Å². The molecule has 1 unspecified atom stereocenters. The maximum atomic E-state index is 16.0. The lowest BCUT2D eigenvalue weighted by Gasteiger charge is -2.27. The molecule has 0 saturated heterocycles. The van der Waals surface area contributed by atoms with Crippen molar-refractivity contribution in [2.45, 2.75) is 27.0 Å². The Labute approximate surface area is 210 Å². The second kappa shape index (κ2) is 8.49. The van der Waals surface area contributed by atoms with E-state index >= 15 is 4.39 Å². The van der Waals surface area contributed by atoms with Crippen LogP contribution in [0.15, 0.2) is 59.9 Å². The van der Waals surface area contributed by atoms with Crippen LogP contribution < -0.4 is 5.32 Å². The molecule has 186 valence electrons. The summed E-state index contributed by atoms with van der Waals surface area (Å²) >= 11 is 0. The van der Waals surface area contributed by atoms with Crippen molar-refractivity contribution in [3.8, 4) is 34.0 Å². The highest BCUT2D eigenvalue weighted by Gasteiger charge is 2.24. The molecule has 6 aromatic heterocycles. The second-order valence-corrected chi connectivity index (χ2v) is 9.81. The Morgan fingerprint density at radius 1 is 1.03 bits per heavy atom. The molecule has 0 aliphatic heterocycles. The molecule has 6 heterocycles. The molecule has 0 fully saturated rings. The lowest BCUT2D eigenvalue weighted by Crippen LogP contribution is -2.33. The van der Waals surface area contributed by atoms with Crippen LogP contribution in [0, 0.1) is 11.2 Å². The van der Waals surface area contributed by atoms with E-state index in [1.807, 2.05) is 20.8 Å². The van der Waals surface area contributed by atoms with Crippen LogP contribution in [0.1, 0.15) is 20.8 Å². The van der Waals surface area contributed by atoms with E-state index in [9.17, 15) is 5.11 Å². The number of pyridine rings is 3. The van der Waals surface area contributed by atoms with E-state index in [2.05, 4.69) is 35.5 Å². The maximum Gasteiger partial charge on any atom is 0.161 e. The van der Waals surface area contributed by atoms with Gasteiger partial charge >= 0.3 is 0 Å². The van der Waals surface area contributed by atoms with Crippen molar-refractivity contribution >= 4 is 27.6 Å². The molecule has 11 heteroatoms. The first-order valence-electron chi connectivity index (χ1n) is 11.6. The van der Waals surface area contributed by atoms with Crippen molar-refractivity contribution in [3.05, 3.63) is 61.3 Å². The Kier molecular flexibility index (Phi) is 5.23. The lowest BCUT2D eigenvalue weighted by atomic mass is 9.94. The van der Waals surface area contributed by atoms with Crippen molar-refractivity contribution in [2.24, 2.45) is 5.41 Å². The lowest BCUT2D eigenvalue weighted by molar-refractivity contribution is 0.0880. The number of anilines is 1. The summed E-state index contributed by atoms with van der Waals surface area (Å²) in [6.45, 7) is 5.72. The third kappa shape index (κ3) is 3.99. The molecule has 6 aromatic rings. The largest absolute Gasteiger partial charge is 0.472 e. The number of furan rings is 1. The Balaban J connectivity index is 1.44. The van der Waals surface area contributed by atoms with Crippen LogP contribution in [0.3, 0.4) is 0 Å². The van der Waals surface area contributed by atoms with Gasteiger partial charge in [0, 0.05) is 28.9 Å². The molecule has 0 aromatic carbocycles. The fourth-order valence-electron chi connectivity index (χ4n) is 4.03. The van der Waals surface area contributed by atoms with Crippen LogP contribution in [0.4, 0.5) is 10.1 Å². The van der Waals surface area contributed by atoms with E-state index in [0.29, 0.717) is 39.5 Å². The summed E-state index contributed by atoms with van der Waals surface area (Å²) in [5.74, 6) is -0.179. The van der Waals surface area contributed by atoms with E-state index < -0.39 is 17.5 Å². The number of aromatic nitrogens is 7. The number of nitrogens with zero attached hydrogens (tertiary/aromatic N) is 5. The Bertz CT molecular complexity index is 1730. The van der Waals surface area contributed by atoms with Crippen LogP contribution in [-0.2, 0) is 0 Å². The third-order valence-electron chi connectivity index (χ3n) is 6.10. The van der Waals surface area contributed by atoms with Gasteiger partial charge in [-0.05, 0) is 18.2 Å². The number of rotatable bonds is 5. The van der Waals surface area contributed by atoms with Gasteiger partial charge in [0.15, 0.2) is 11.6 Å². The summed E-state index contributed by atoms with van der Waals surface area (Å²) in [4.78, 5) is 20.9. The quantitative estimate of drug-likeness (QED) is 0.240. The van der Waals surface area contributed by atoms with Crippen LogP contribution >= 0.6 is 0 Å². The number of aliphatic hydroxyl groups excluding tert-OH is 1. The number of nitrogens with one attached hydrogen (secondary N) is 3. The topological polar surface area (TPSA) is 141 Å². The molecule has 0 amide bonds. The average Bonchev–Trinajstić information content (AvgIpc) is 3.63. The number of fused-ring (bicyclic) bond motifs is 2. The Morgan fingerprint density at radius 2 is 1.89 bits per heavy atom. The average molecular weight is 499 g/mol. The zero-order valence-corrected chi connectivity index (χ0v) is 20.2. The number of imidazole rings is 1. The fourth-order valence-corrected chi connectivity index (χ4v) is 4.03. The predicted molar refractivity (Wildman–Crippen MR) is 137 cm³/mol. The normalized spacial score (nSPS) is 12.9. The zero-order valence-electron chi connectivity index (χ0n) is 20.2. The Morgan fingerprint density at radius 3 is 2.68 bits per heavy atom. The molecule has 10 nitrogen and oxygen atoms in total. The zero-order chi connectivity index (χ0) is 25.7. The van der Waals surface area contributed by atoms with Gasteiger partial charge in [-0.2, -0.15) is 5.10 Å². The minimum absolute atomic E-state index is 0.105. The molecule has 0 saturated carbocycles. The molecule has 0 bridgehead atoms. The molecule has 0 aliphatic rings. The van der Waals surface area contributed by atoms with Gasteiger partial charge in [-0.15, -0.1) is 0 Å². The summed E-state index contributed by atoms with van der Waals surface area (Å²) in [6, 6.07) is 5.29. The summed E-state index contributed by atoms with van der Waals surface area (Å²) in [6.07, 6.45) is 8.62. The molecule has 4 N–H and O–H groups in total. The number of hydrogen-bond donors (Lipinski definition) is 4. The Hall–Kier alpha value is -4.64. The van der Waals surface area contributed by atoms with E-state index in [1.54, 1.807) is 43.1 Å². The monoisotopic (exact) mass is 498 g/mol. The number of halogens is 1. The predicted octanol–water partition coefficient (Wildman–Crippen LogP) is 5.13. The highest BCUT2D eigenvalue weighted by Crippen LogP contribution is 2.34. The maximum absolute atomic E-state index is 16.0. The number of hydrogen-bond acceptors (Lipinski definition) is 8. The SMILES string of the molecule is CC(C)(C)C(O)Nc1cncc(-c2ncc3[nH]nc(-c4nc5c(-c6ccoc6)nccc5[nH]4)c3c2F)c1. The van der Waals surface area contributed by atoms with Crippen molar-refractivity contribution < 1.29 is 13.9 Å². The summed E-state index contributed by atoms with van der Waals surface area (Å²) in [7, 11) is 0. The van der Waals surface area contributed by atoms with Gasteiger partial charge in [0.25, 0.3) is 0 Å². The second-order valence-electron chi connectivity index (χ2n) is 9.81. The van der Waals surface area contributed by atoms with Gasteiger partial charge < -0.3 is 19.8 Å². The van der Waals surface area contributed by atoms with Crippen LogP contribution in [-0.4, -0.2) is 46.5 Å². The van der Waals surface area contributed by atoms with Crippen molar-refractivity contribution in [1.82, 2.24) is 35.1 Å². The smallest absolute Gasteiger partial charge is 0.161 e.